The highest BCUT2D eigenvalue weighted by Crippen LogP contribution is 2.27. The number of aryl methyl sites for hydroxylation is 2. The second kappa shape index (κ2) is 5.52. The molecule has 2 aromatic carbocycles. The number of aliphatic imine (C=N–C) groups is 1. The fourth-order valence-corrected chi connectivity index (χ4v) is 1.84. The first kappa shape index (κ1) is 13.7. The SMILES string of the molecule is Cc1cc(N=Cc2ccc([N+](=O)[O-])cc2)cc(C)c1O. The molecule has 0 aromatic heterocycles. The molecule has 1 N–H and O–H groups in total. The molecule has 0 aliphatic heterocycles. The topological polar surface area (TPSA) is 75.7 Å². The van der Waals surface area contributed by atoms with E-state index in [-0.39, 0.29) is 11.4 Å². The van der Waals surface area contributed by atoms with E-state index in [1.54, 1.807) is 30.5 Å². The number of nitrogens with zero attached hydrogens (tertiary/aromatic N) is 2. The molecule has 0 bridgehead atoms. The van der Waals surface area contributed by atoms with Gasteiger partial charge in [-0.2, -0.15) is 0 Å². The van der Waals surface area contributed by atoms with Gasteiger partial charge in [-0.05, 0) is 54.8 Å². The Balaban J connectivity index is 2.23. The van der Waals surface area contributed by atoms with Crippen molar-refractivity contribution in [1.82, 2.24) is 0 Å². The first-order chi connectivity index (χ1) is 9.47. The molecular formula is C15H14N2O3. The van der Waals surface area contributed by atoms with Crippen LogP contribution in [-0.4, -0.2) is 16.2 Å². The molecule has 5 heteroatoms. The van der Waals surface area contributed by atoms with Gasteiger partial charge in [0.25, 0.3) is 5.69 Å². The summed E-state index contributed by atoms with van der Waals surface area (Å²) in [7, 11) is 0. The quantitative estimate of drug-likeness (QED) is 0.525. The minimum absolute atomic E-state index is 0.0541. The Morgan fingerprint density at radius 2 is 1.70 bits per heavy atom. The van der Waals surface area contributed by atoms with Crippen molar-refractivity contribution in [2.45, 2.75) is 13.8 Å². The van der Waals surface area contributed by atoms with Crippen molar-refractivity contribution >= 4 is 17.6 Å². The number of rotatable bonds is 3. The number of non-ortho nitro benzene ring substituents is 1. The highest BCUT2D eigenvalue weighted by atomic mass is 16.6. The van der Waals surface area contributed by atoms with Crippen LogP contribution in [0.1, 0.15) is 16.7 Å². The third-order valence-corrected chi connectivity index (χ3v) is 2.94. The maximum absolute atomic E-state index is 10.5. The first-order valence-corrected chi connectivity index (χ1v) is 6.06. The Labute approximate surface area is 116 Å². The van der Waals surface area contributed by atoms with Crippen LogP contribution in [0, 0.1) is 24.0 Å². The van der Waals surface area contributed by atoms with Gasteiger partial charge in [0.15, 0.2) is 0 Å². The summed E-state index contributed by atoms with van der Waals surface area (Å²) in [5, 5.41) is 20.2. The molecule has 0 unspecified atom stereocenters. The fourth-order valence-electron chi connectivity index (χ4n) is 1.84. The molecule has 2 aromatic rings. The molecule has 2 rings (SSSR count). The fraction of sp³-hybridized carbons (Fsp3) is 0.133. The minimum atomic E-state index is -0.437. The van der Waals surface area contributed by atoms with Gasteiger partial charge in [0.1, 0.15) is 5.75 Å². The van der Waals surface area contributed by atoms with E-state index < -0.39 is 4.92 Å². The molecule has 0 atom stereocenters. The summed E-state index contributed by atoms with van der Waals surface area (Å²) < 4.78 is 0. The first-order valence-electron chi connectivity index (χ1n) is 6.06. The molecule has 0 heterocycles. The lowest BCUT2D eigenvalue weighted by Crippen LogP contribution is -1.88. The van der Waals surface area contributed by atoms with Gasteiger partial charge < -0.3 is 5.11 Å². The van der Waals surface area contributed by atoms with Crippen molar-refractivity contribution in [3.63, 3.8) is 0 Å². The number of phenols is 1. The number of nitro benzene ring substituents is 1. The Hall–Kier alpha value is -2.69. The zero-order valence-corrected chi connectivity index (χ0v) is 11.2. The van der Waals surface area contributed by atoms with Crippen molar-refractivity contribution in [2.75, 3.05) is 0 Å². The summed E-state index contributed by atoms with van der Waals surface area (Å²) in [5.74, 6) is 0.277. The number of hydrogen-bond donors (Lipinski definition) is 1. The molecule has 0 aliphatic rings. The Morgan fingerprint density at radius 3 is 2.20 bits per heavy atom. The van der Waals surface area contributed by atoms with Crippen LogP contribution in [0.4, 0.5) is 11.4 Å². The molecule has 0 radical (unpaired) electrons. The van der Waals surface area contributed by atoms with Crippen LogP contribution in [0.15, 0.2) is 41.4 Å². The lowest BCUT2D eigenvalue weighted by molar-refractivity contribution is -0.384. The summed E-state index contributed by atoms with van der Waals surface area (Å²) >= 11 is 0. The van der Waals surface area contributed by atoms with E-state index >= 15 is 0 Å². The van der Waals surface area contributed by atoms with Crippen LogP contribution in [0.3, 0.4) is 0 Å². The molecule has 0 aliphatic carbocycles. The van der Waals surface area contributed by atoms with Gasteiger partial charge in [-0.3, -0.25) is 15.1 Å². The average molecular weight is 270 g/mol. The summed E-state index contributed by atoms with van der Waals surface area (Å²) in [4.78, 5) is 14.4. The number of phenolic OH excluding ortho intramolecular Hbond substituents is 1. The summed E-state index contributed by atoms with van der Waals surface area (Å²) in [6.45, 7) is 3.63. The van der Waals surface area contributed by atoms with Gasteiger partial charge in [-0.1, -0.05) is 0 Å². The number of nitro groups is 1. The Bertz CT molecular complexity index is 653. The van der Waals surface area contributed by atoms with E-state index in [4.69, 9.17) is 0 Å². The molecule has 0 spiro atoms. The van der Waals surface area contributed by atoms with Crippen molar-refractivity contribution in [1.29, 1.82) is 0 Å². The van der Waals surface area contributed by atoms with Crippen LogP contribution in [0.2, 0.25) is 0 Å². The van der Waals surface area contributed by atoms with Gasteiger partial charge in [-0.15, -0.1) is 0 Å². The van der Waals surface area contributed by atoms with Crippen LogP contribution < -0.4 is 0 Å². The maximum Gasteiger partial charge on any atom is 0.269 e. The van der Waals surface area contributed by atoms with Crippen molar-refractivity contribution < 1.29 is 10.0 Å². The van der Waals surface area contributed by atoms with E-state index in [9.17, 15) is 15.2 Å². The molecule has 0 amide bonds. The van der Waals surface area contributed by atoms with Gasteiger partial charge in [0, 0.05) is 18.3 Å². The standard InChI is InChI=1S/C15H14N2O3/c1-10-7-13(8-11(2)15(10)18)16-9-12-3-5-14(6-4-12)17(19)20/h3-9,18H,1-2H3. The highest BCUT2D eigenvalue weighted by Gasteiger charge is 2.04. The second-order valence-corrected chi connectivity index (χ2v) is 4.54. The molecule has 20 heavy (non-hydrogen) atoms. The van der Waals surface area contributed by atoms with Gasteiger partial charge in [0.05, 0.1) is 10.6 Å². The monoisotopic (exact) mass is 270 g/mol. The van der Waals surface area contributed by atoms with E-state index in [0.29, 0.717) is 0 Å². The van der Waals surface area contributed by atoms with E-state index in [0.717, 1.165) is 22.4 Å². The second-order valence-electron chi connectivity index (χ2n) is 4.54. The predicted octanol–water partition coefficient (Wildman–Crippen LogP) is 3.67. The molecule has 5 nitrogen and oxygen atoms in total. The Morgan fingerprint density at radius 1 is 1.15 bits per heavy atom. The van der Waals surface area contributed by atoms with Crippen LogP contribution in [-0.2, 0) is 0 Å². The highest BCUT2D eigenvalue weighted by molar-refractivity contribution is 5.82. The number of hydrogen-bond acceptors (Lipinski definition) is 4. The normalized spacial score (nSPS) is 10.9. The summed E-state index contributed by atoms with van der Waals surface area (Å²) in [5.41, 5.74) is 3.09. The van der Waals surface area contributed by atoms with Crippen molar-refractivity contribution in [3.8, 4) is 5.75 Å². The van der Waals surface area contributed by atoms with E-state index in [1.807, 2.05) is 13.8 Å². The third kappa shape index (κ3) is 3.00. The van der Waals surface area contributed by atoms with Crippen LogP contribution in [0.5, 0.6) is 5.75 Å². The average Bonchev–Trinajstić information content (AvgIpc) is 2.42. The minimum Gasteiger partial charge on any atom is -0.507 e. The predicted molar refractivity (Wildman–Crippen MR) is 77.9 cm³/mol. The largest absolute Gasteiger partial charge is 0.507 e. The lowest BCUT2D eigenvalue weighted by Gasteiger charge is -2.04. The molecule has 0 fully saturated rings. The molecule has 102 valence electrons. The third-order valence-electron chi connectivity index (χ3n) is 2.94. The molecule has 0 saturated carbocycles. The lowest BCUT2D eigenvalue weighted by atomic mass is 10.1. The smallest absolute Gasteiger partial charge is 0.269 e. The van der Waals surface area contributed by atoms with Crippen molar-refractivity contribution in [3.05, 3.63) is 63.2 Å². The zero-order chi connectivity index (χ0) is 14.7. The zero-order valence-electron chi connectivity index (χ0n) is 11.2. The molecule has 0 saturated heterocycles. The summed E-state index contributed by atoms with van der Waals surface area (Å²) in [6, 6.07) is 9.72. The van der Waals surface area contributed by atoms with E-state index in [1.165, 1.54) is 12.1 Å². The molecular weight excluding hydrogens is 256 g/mol. The number of aromatic hydroxyl groups is 1. The van der Waals surface area contributed by atoms with Gasteiger partial charge >= 0.3 is 0 Å². The maximum atomic E-state index is 10.5. The van der Waals surface area contributed by atoms with E-state index in [2.05, 4.69) is 4.99 Å². The Kier molecular flexibility index (Phi) is 3.79. The van der Waals surface area contributed by atoms with Gasteiger partial charge in [-0.25, -0.2) is 0 Å². The van der Waals surface area contributed by atoms with Crippen LogP contribution >= 0.6 is 0 Å². The van der Waals surface area contributed by atoms with Gasteiger partial charge in [0.2, 0.25) is 0 Å². The van der Waals surface area contributed by atoms with Crippen molar-refractivity contribution in [2.24, 2.45) is 4.99 Å². The number of benzene rings is 2. The van der Waals surface area contributed by atoms with Crippen LogP contribution in [0.25, 0.3) is 0 Å². The summed E-state index contributed by atoms with van der Waals surface area (Å²) in [6.07, 6.45) is 1.63.